The number of aromatic nitrogens is 2. The summed E-state index contributed by atoms with van der Waals surface area (Å²) in [6.07, 6.45) is 4.45. The zero-order valence-corrected chi connectivity index (χ0v) is 9.20. The topological polar surface area (TPSA) is 8.81 Å². The van der Waals surface area contributed by atoms with E-state index in [4.69, 9.17) is 0 Å². The molecule has 0 saturated carbocycles. The molecule has 15 heavy (non-hydrogen) atoms. The lowest BCUT2D eigenvalue weighted by Crippen LogP contribution is -2.40. The van der Waals surface area contributed by atoms with E-state index in [1.54, 1.807) is 0 Å². The van der Waals surface area contributed by atoms with Crippen molar-refractivity contribution >= 4 is 0 Å². The Hall–Kier alpha value is -1.57. The molecule has 2 heteroatoms. The fraction of sp³-hybridized carbons (Fsp3) is 0.308. The first kappa shape index (κ1) is 8.72. The number of aryl methyl sites for hydroxylation is 4. The maximum absolute atomic E-state index is 2.33. The molecule has 1 aliphatic rings. The third kappa shape index (κ3) is 1.14. The lowest BCUT2D eigenvalue weighted by molar-refractivity contribution is -0.744. The lowest BCUT2D eigenvalue weighted by atomic mass is 9.99. The van der Waals surface area contributed by atoms with E-state index in [9.17, 15) is 0 Å². The second kappa shape index (κ2) is 2.96. The van der Waals surface area contributed by atoms with Crippen LogP contribution in [0.5, 0.6) is 0 Å². The van der Waals surface area contributed by atoms with E-state index in [1.807, 2.05) is 0 Å². The summed E-state index contributed by atoms with van der Waals surface area (Å²) in [5.41, 5.74) is 5.63. The minimum Gasteiger partial charge on any atom is -0.125 e. The van der Waals surface area contributed by atoms with Crippen LogP contribution >= 0.6 is 0 Å². The Balaban J connectivity index is 2.36. The SMILES string of the molecule is Cc1cccc2c1-n1c(cc[n+]1C)CC2. The standard InChI is InChI=1S/C13H15N2/c1-10-4-3-5-11-6-7-12-8-9-14(2)15(12)13(10)11/h3-5,8-9H,6-7H2,1-2H3/q+1. The number of hydrogen-bond acceptors (Lipinski definition) is 0. The largest absolute Gasteiger partial charge is 0.196 e. The highest BCUT2D eigenvalue weighted by Crippen LogP contribution is 2.25. The molecule has 0 unspecified atom stereocenters. The molecule has 1 aromatic heterocycles. The molecule has 2 nitrogen and oxygen atoms in total. The Kier molecular flexibility index (Phi) is 1.72. The van der Waals surface area contributed by atoms with Gasteiger partial charge < -0.3 is 0 Å². The van der Waals surface area contributed by atoms with Crippen LogP contribution in [0.15, 0.2) is 30.5 Å². The van der Waals surface area contributed by atoms with Gasteiger partial charge in [0.05, 0.1) is 5.69 Å². The molecule has 2 heterocycles. The van der Waals surface area contributed by atoms with Crippen molar-refractivity contribution in [2.24, 2.45) is 7.05 Å². The van der Waals surface area contributed by atoms with Gasteiger partial charge in [0, 0.05) is 6.07 Å². The third-order valence-corrected chi connectivity index (χ3v) is 3.25. The molecule has 76 valence electrons. The Morgan fingerprint density at radius 1 is 1.20 bits per heavy atom. The Labute approximate surface area is 89.8 Å². The van der Waals surface area contributed by atoms with Crippen molar-refractivity contribution in [2.75, 3.05) is 0 Å². The first-order valence-electron chi connectivity index (χ1n) is 5.43. The van der Waals surface area contributed by atoms with Crippen LogP contribution < -0.4 is 4.68 Å². The van der Waals surface area contributed by atoms with Crippen LogP contribution in [0.25, 0.3) is 5.69 Å². The normalized spacial score (nSPS) is 13.5. The highest BCUT2D eigenvalue weighted by molar-refractivity contribution is 5.49. The summed E-state index contributed by atoms with van der Waals surface area (Å²) < 4.78 is 4.49. The molecule has 0 saturated heterocycles. The molecule has 0 bridgehead atoms. The van der Waals surface area contributed by atoms with E-state index in [-0.39, 0.29) is 0 Å². The van der Waals surface area contributed by atoms with Crippen LogP contribution in [0.2, 0.25) is 0 Å². The van der Waals surface area contributed by atoms with Gasteiger partial charge in [0.2, 0.25) is 0 Å². The highest BCUT2D eigenvalue weighted by Gasteiger charge is 2.22. The highest BCUT2D eigenvalue weighted by atomic mass is 15.4. The van der Waals surface area contributed by atoms with Gasteiger partial charge in [-0.1, -0.05) is 18.2 Å². The van der Waals surface area contributed by atoms with Crippen molar-refractivity contribution in [2.45, 2.75) is 19.8 Å². The van der Waals surface area contributed by atoms with E-state index < -0.39 is 0 Å². The number of rotatable bonds is 0. The maximum Gasteiger partial charge on any atom is 0.196 e. The number of fused-ring (bicyclic) bond motifs is 3. The Morgan fingerprint density at radius 3 is 2.93 bits per heavy atom. The molecule has 0 atom stereocenters. The van der Waals surface area contributed by atoms with E-state index in [0.29, 0.717) is 0 Å². The molecule has 1 aliphatic heterocycles. The van der Waals surface area contributed by atoms with Crippen molar-refractivity contribution < 1.29 is 4.68 Å². The fourth-order valence-electron chi connectivity index (χ4n) is 2.51. The van der Waals surface area contributed by atoms with Gasteiger partial charge >= 0.3 is 0 Å². The molecule has 0 radical (unpaired) electrons. The number of hydrogen-bond donors (Lipinski definition) is 0. The molecule has 0 aliphatic carbocycles. The van der Waals surface area contributed by atoms with Gasteiger partial charge in [0.25, 0.3) is 0 Å². The average Bonchev–Trinajstić information content (AvgIpc) is 2.61. The van der Waals surface area contributed by atoms with Gasteiger partial charge in [0.15, 0.2) is 13.2 Å². The first-order valence-corrected chi connectivity index (χ1v) is 5.43. The predicted octanol–water partition coefficient (Wildman–Crippen LogP) is 1.71. The van der Waals surface area contributed by atoms with E-state index in [2.05, 4.69) is 53.8 Å². The van der Waals surface area contributed by atoms with Crippen LogP contribution in [0.4, 0.5) is 0 Å². The molecule has 0 N–H and O–H groups in total. The number of nitrogens with zero attached hydrogens (tertiary/aromatic N) is 2. The number of benzene rings is 1. The van der Waals surface area contributed by atoms with Crippen LogP contribution in [0, 0.1) is 6.92 Å². The summed E-state index contributed by atoms with van der Waals surface area (Å²) >= 11 is 0. The zero-order valence-electron chi connectivity index (χ0n) is 9.20. The first-order chi connectivity index (χ1) is 7.27. The Morgan fingerprint density at radius 2 is 2.07 bits per heavy atom. The summed E-state index contributed by atoms with van der Waals surface area (Å²) in [4.78, 5) is 0. The minimum atomic E-state index is 1.15. The lowest BCUT2D eigenvalue weighted by Gasteiger charge is -2.17. The molecular formula is C13H15N2+. The van der Waals surface area contributed by atoms with Crippen molar-refractivity contribution in [3.63, 3.8) is 0 Å². The second-order valence-electron chi connectivity index (χ2n) is 4.28. The van der Waals surface area contributed by atoms with Crippen LogP contribution in [0.3, 0.4) is 0 Å². The zero-order chi connectivity index (χ0) is 10.4. The van der Waals surface area contributed by atoms with Crippen molar-refractivity contribution in [1.29, 1.82) is 0 Å². The predicted molar refractivity (Wildman–Crippen MR) is 59.1 cm³/mol. The number of para-hydroxylation sites is 1. The van der Waals surface area contributed by atoms with Gasteiger partial charge in [-0.05, 0) is 30.9 Å². The van der Waals surface area contributed by atoms with Crippen LogP contribution in [-0.2, 0) is 19.9 Å². The van der Waals surface area contributed by atoms with Gasteiger partial charge in [-0.3, -0.25) is 0 Å². The summed E-state index contributed by atoms with van der Waals surface area (Å²) in [6.45, 7) is 2.19. The van der Waals surface area contributed by atoms with E-state index in [1.165, 1.54) is 28.9 Å². The summed E-state index contributed by atoms with van der Waals surface area (Å²) in [6, 6.07) is 8.80. The van der Waals surface area contributed by atoms with Crippen LogP contribution in [-0.4, -0.2) is 4.68 Å². The van der Waals surface area contributed by atoms with Crippen molar-refractivity contribution in [3.05, 3.63) is 47.3 Å². The van der Waals surface area contributed by atoms with E-state index in [0.717, 1.165) is 6.42 Å². The summed E-state index contributed by atoms with van der Waals surface area (Å²) in [7, 11) is 2.10. The summed E-state index contributed by atoms with van der Waals surface area (Å²) in [5, 5.41) is 0. The molecule has 0 amide bonds. The average molecular weight is 199 g/mol. The Bertz CT molecular complexity index is 523. The maximum atomic E-state index is 2.33. The summed E-state index contributed by atoms with van der Waals surface area (Å²) in [5.74, 6) is 0. The molecular weight excluding hydrogens is 184 g/mol. The third-order valence-electron chi connectivity index (χ3n) is 3.25. The van der Waals surface area contributed by atoms with Gasteiger partial charge in [-0.15, -0.1) is 9.36 Å². The molecule has 0 spiro atoms. The van der Waals surface area contributed by atoms with Gasteiger partial charge in [-0.25, -0.2) is 0 Å². The molecule has 0 fully saturated rings. The van der Waals surface area contributed by atoms with Gasteiger partial charge in [-0.2, -0.15) is 0 Å². The smallest absolute Gasteiger partial charge is 0.125 e. The molecule has 1 aromatic carbocycles. The monoisotopic (exact) mass is 199 g/mol. The van der Waals surface area contributed by atoms with Crippen molar-refractivity contribution in [1.82, 2.24) is 4.68 Å². The molecule has 2 aromatic rings. The minimum absolute atomic E-state index is 1.15. The quantitative estimate of drug-likeness (QED) is 0.571. The van der Waals surface area contributed by atoms with Gasteiger partial charge in [0.1, 0.15) is 5.69 Å². The fourth-order valence-corrected chi connectivity index (χ4v) is 2.51. The van der Waals surface area contributed by atoms with Crippen LogP contribution in [0.1, 0.15) is 16.8 Å². The van der Waals surface area contributed by atoms with E-state index >= 15 is 0 Å². The van der Waals surface area contributed by atoms with Crippen molar-refractivity contribution in [3.8, 4) is 5.69 Å². The molecule has 3 rings (SSSR count). The second-order valence-corrected chi connectivity index (χ2v) is 4.28.